The number of alkyl halides is 2. The van der Waals surface area contributed by atoms with Crippen LogP contribution in [0.2, 0.25) is 4.47 Å². The van der Waals surface area contributed by atoms with Gasteiger partial charge in [0.1, 0.15) is 0 Å². The molecule has 0 aromatic carbocycles. The van der Waals surface area contributed by atoms with Crippen molar-refractivity contribution in [1.82, 2.24) is 9.88 Å². The fourth-order valence-corrected chi connectivity index (χ4v) is 2.30. The van der Waals surface area contributed by atoms with Gasteiger partial charge in [-0.3, -0.25) is 4.90 Å². The number of halogens is 3. The normalized spacial score (nSPS) is 21.6. The lowest BCUT2D eigenvalue weighted by atomic mass is 10.3. The van der Waals surface area contributed by atoms with Crippen LogP contribution in [0.3, 0.4) is 0 Å². The number of likely N-dealkylation sites (tertiary alicyclic amines) is 1. The minimum absolute atomic E-state index is 0.0507. The number of aromatic nitrogens is 1. The van der Waals surface area contributed by atoms with Crippen molar-refractivity contribution in [2.45, 2.75) is 18.9 Å². The van der Waals surface area contributed by atoms with Gasteiger partial charge >= 0.3 is 0 Å². The molecule has 1 aromatic heterocycles. The average Bonchev–Trinajstić information content (AvgIpc) is 2.59. The Hall–Kier alpha value is -0.260. The van der Waals surface area contributed by atoms with Crippen molar-refractivity contribution in [3.63, 3.8) is 0 Å². The van der Waals surface area contributed by atoms with Crippen LogP contribution in [0.5, 0.6) is 0 Å². The van der Waals surface area contributed by atoms with Crippen molar-refractivity contribution in [2.75, 3.05) is 13.1 Å². The molecular formula is C8H9ClF2N2S. The molecule has 0 aliphatic carbocycles. The Labute approximate surface area is 89.5 Å². The van der Waals surface area contributed by atoms with Crippen LogP contribution in [-0.2, 0) is 6.54 Å². The van der Waals surface area contributed by atoms with Gasteiger partial charge in [0.2, 0.25) is 0 Å². The smallest absolute Gasteiger partial charge is 0.261 e. The van der Waals surface area contributed by atoms with Gasteiger partial charge in [0.25, 0.3) is 5.92 Å². The summed E-state index contributed by atoms with van der Waals surface area (Å²) >= 11 is 6.97. The Morgan fingerprint density at radius 1 is 1.64 bits per heavy atom. The first-order valence-corrected chi connectivity index (χ1v) is 5.51. The fourth-order valence-electron chi connectivity index (χ4n) is 1.53. The highest BCUT2D eigenvalue weighted by molar-refractivity contribution is 7.13. The van der Waals surface area contributed by atoms with Crippen LogP contribution >= 0.6 is 22.9 Å². The van der Waals surface area contributed by atoms with Gasteiger partial charge in [-0.25, -0.2) is 13.8 Å². The summed E-state index contributed by atoms with van der Waals surface area (Å²) in [4.78, 5) is 5.72. The van der Waals surface area contributed by atoms with Gasteiger partial charge in [0, 0.05) is 24.9 Å². The van der Waals surface area contributed by atoms with E-state index in [9.17, 15) is 8.78 Å². The van der Waals surface area contributed by atoms with E-state index in [-0.39, 0.29) is 13.0 Å². The molecule has 1 aromatic rings. The molecule has 0 unspecified atom stereocenters. The summed E-state index contributed by atoms with van der Waals surface area (Å²) < 4.78 is 26.1. The molecule has 78 valence electrons. The number of hydrogen-bond donors (Lipinski definition) is 0. The zero-order valence-electron chi connectivity index (χ0n) is 7.34. The van der Waals surface area contributed by atoms with Crippen LogP contribution in [0, 0.1) is 0 Å². The standard InChI is InChI=1S/C8H9ClF2N2S/c9-7-12-6(4-14-7)3-13-2-1-8(10,11)5-13/h4H,1-3,5H2. The third-order valence-electron chi connectivity index (χ3n) is 2.16. The molecule has 0 atom stereocenters. The second-order valence-electron chi connectivity index (χ2n) is 3.41. The van der Waals surface area contributed by atoms with Gasteiger partial charge in [-0.1, -0.05) is 11.6 Å². The lowest BCUT2D eigenvalue weighted by molar-refractivity contribution is 0.0114. The number of hydrogen-bond acceptors (Lipinski definition) is 3. The summed E-state index contributed by atoms with van der Waals surface area (Å²) in [6.07, 6.45) is -0.0507. The van der Waals surface area contributed by atoms with E-state index in [4.69, 9.17) is 11.6 Å². The first-order chi connectivity index (χ1) is 6.55. The second-order valence-corrected chi connectivity index (χ2v) is 4.85. The van der Waals surface area contributed by atoms with E-state index in [0.717, 1.165) is 5.69 Å². The molecule has 0 spiro atoms. The van der Waals surface area contributed by atoms with Crippen molar-refractivity contribution >= 4 is 22.9 Å². The van der Waals surface area contributed by atoms with E-state index in [0.29, 0.717) is 17.6 Å². The Balaban J connectivity index is 1.94. The Morgan fingerprint density at radius 3 is 2.93 bits per heavy atom. The van der Waals surface area contributed by atoms with Crippen LogP contribution in [0.4, 0.5) is 8.78 Å². The molecule has 0 amide bonds. The number of thiazole rings is 1. The molecule has 2 rings (SSSR count). The first-order valence-electron chi connectivity index (χ1n) is 4.25. The highest BCUT2D eigenvalue weighted by Gasteiger charge is 2.38. The van der Waals surface area contributed by atoms with Crippen molar-refractivity contribution in [2.24, 2.45) is 0 Å². The first kappa shape index (κ1) is 10.3. The minimum atomic E-state index is -2.53. The summed E-state index contributed by atoms with van der Waals surface area (Å²) in [6.45, 7) is 0.739. The lowest BCUT2D eigenvalue weighted by Crippen LogP contribution is -2.24. The van der Waals surface area contributed by atoms with Crippen LogP contribution in [0.25, 0.3) is 0 Å². The SMILES string of the molecule is FC1(F)CCN(Cc2csc(Cl)n2)C1. The van der Waals surface area contributed by atoms with Crippen LogP contribution in [-0.4, -0.2) is 28.9 Å². The minimum Gasteiger partial charge on any atom is -0.291 e. The third-order valence-corrected chi connectivity index (χ3v) is 3.19. The summed E-state index contributed by atoms with van der Waals surface area (Å²) in [5.74, 6) is -2.53. The summed E-state index contributed by atoms with van der Waals surface area (Å²) in [6, 6.07) is 0. The predicted molar refractivity (Wildman–Crippen MR) is 52.0 cm³/mol. The van der Waals surface area contributed by atoms with Crippen LogP contribution in [0.15, 0.2) is 5.38 Å². The summed E-state index contributed by atoms with van der Waals surface area (Å²) in [5, 5.41) is 1.80. The van der Waals surface area contributed by atoms with E-state index in [1.807, 2.05) is 0 Å². The summed E-state index contributed by atoms with van der Waals surface area (Å²) in [7, 11) is 0. The van der Waals surface area contributed by atoms with E-state index in [1.54, 1.807) is 10.3 Å². The Bertz CT molecular complexity index is 329. The topological polar surface area (TPSA) is 16.1 Å². The molecule has 1 aliphatic rings. The molecule has 0 bridgehead atoms. The summed E-state index contributed by atoms with van der Waals surface area (Å²) in [5.41, 5.74) is 0.776. The maximum Gasteiger partial charge on any atom is 0.261 e. The van der Waals surface area contributed by atoms with Crippen LogP contribution < -0.4 is 0 Å². The molecule has 0 saturated carbocycles. The second kappa shape index (κ2) is 3.72. The Kier molecular flexibility index (Phi) is 2.72. The molecule has 2 nitrogen and oxygen atoms in total. The van der Waals surface area contributed by atoms with Crippen LogP contribution in [0.1, 0.15) is 12.1 Å². The molecular weight excluding hydrogens is 230 g/mol. The lowest BCUT2D eigenvalue weighted by Gasteiger charge is -2.13. The van der Waals surface area contributed by atoms with Gasteiger partial charge in [0.05, 0.1) is 12.2 Å². The van der Waals surface area contributed by atoms with E-state index < -0.39 is 5.92 Å². The third kappa shape index (κ3) is 2.40. The van der Waals surface area contributed by atoms with Gasteiger partial charge < -0.3 is 0 Å². The largest absolute Gasteiger partial charge is 0.291 e. The average molecular weight is 239 g/mol. The van der Waals surface area contributed by atoms with Crippen molar-refractivity contribution in [3.05, 3.63) is 15.5 Å². The van der Waals surface area contributed by atoms with Gasteiger partial charge in [-0.15, -0.1) is 11.3 Å². The molecule has 6 heteroatoms. The Morgan fingerprint density at radius 2 is 2.43 bits per heavy atom. The molecule has 1 aliphatic heterocycles. The molecule has 0 radical (unpaired) electrons. The predicted octanol–water partition coefficient (Wildman–Crippen LogP) is 2.64. The van der Waals surface area contributed by atoms with E-state index in [1.165, 1.54) is 11.3 Å². The van der Waals surface area contributed by atoms with Gasteiger partial charge in [0.15, 0.2) is 4.47 Å². The quantitative estimate of drug-likeness (QED) is 0.788. The van der Waals surface area contributed by atoms with E-state index >= 15 is 0 Å². The molecule has 2 heterocycles. The van der Waals surface area contributed by atoms with E-state index in [2.05, 4.69) is 4.98 Å². The van der Waals surface area contributed by atoms with Crippen molar-refractivity contribution < 1.29 is 8.78 Å². The maximum atomic E-state index is 12.8. The zero-order chi connectivity index (χ0) is 10.2. The molecule has 0 N–H and O–H groups in total. The van der Waals surface area contributed by atoms with Gasteiger partial charge in [-0.05, 0) is 0 Å². The highest BCUT2D eigenvalue weighted by Crippen LogP contribution is 2.28. The number of rotatable bonds is 2. The molecule has 1 saturated heterocycles. The highest BCUT2D eigenvalue weighted by atomic mass is 35.5. The zero-order valence-corrected chi connectivity index (χ0v) is 8.91. The fraction of sp³-hybridized carbons (Fsp3) is 0.625. The number of nitrogens with zero attached hydrogens (tertiary/aromatic N) is 2. The van der Waals surface area contributed by atoms with Gasteiger partial charge in [-0.2, -0.15) is 0 Å². The molecule has 1 fully saturated rings. The van der Waals surface area contributed by atoms with Crippen molar-refractivity contribution in [3.8, 4) is 0 Å². The van der Waals surface area contributed by atoms with Crippen molar-refractivity contribution in [1.29, 1.82) is 0 Å². The maximum absolute atomic E-state index is 12.8. The molecule has 14 heavy (non-hydrogen) atoms. The monoisotopic (exact) mass is 238 g/mol.